The Bertz CT molecular complexity index is 257. The molecule has 4 atom stereocenters. The lowest BCUT2D eigenvalue weighted by atomic mass is 10.1. The molecule has 0 radical (unpaired) electrons. The normalized spacial score (nSPS) is 42.6. The van der Waals surface area contributed by atoms with Crippen LogP contribution in [0.1, 0.15) is 13.8 Å². The molecule has 5 nitrogen and oxygen atoms in total. The summed E-state index contributed by atoms with van der Waals surface area (Å²) in [6.45, 7) is 3.94. The number of fused-ring (bicyclic) bond motifs is 1. The van der Waals surface area contributed by atoms with Gasteiger partial charge in [0.1, 0.15) is 6.10 Å². The molecule has 2 rings (SSSR count). The molecule has 6 heteroatoms. The average Bonchev–Trinajstić information content (AvgIpc) is 2.60. The first-order valence-corrected chi connectivity index (χ1v) is 5.27. The molecule has 2 aliphatic heterocycles. The van der Waals surface area contributed by atoms with E-state index in [9.17, 15) is 4.79 Å². The van der Waals surface area contributed by atoms with Gasteiger partial charge in [-0.25, -0.2) is 0 Å². The second kappa shape index (κ2) is 3.90. The zero-order chi connectivity index (χ0) is 11.1. The topological polar surface area (TPSA) is 54.0 Å². The predicted molar refractivity (Wildman–Crippen MR) is 50.4 cm³/mol. The van der Waals surface area contributed by atoms with Gasteiger partial charge in [0, 0.05) is 0 Å². The van der Waals surface area contributed by atoms with Gasteiger partial charge < -0.3 is 18.9 Å². The molecule has 86 valence electrons. The fourth-order valence-corrected chi connectivity index (χ4v) is 2.15. The molecule has 2 saturated heterocycles. The number of carbonyl (C=O) groups is 1. The van der Waals surface area contributed by atoms with E-state index in [1.54, 1.807) is 13.8 Å². The Labute approximate surface area is 92.6 Å². The molecular formula is C9H13ClO5. The number of ether oxygens (including phenoxy) is 4. The van der Waals surface area contributed by atoms with Crippen LogP contribution in [0, 0.1) is 0 Å². The summed E-state index contributed by atoms with van der Waals surface area (Å²) in [7, 11) is 0. The summed E-state index contributed by atoms with van der Waals surface area (Å²) >= 11 is 5.69. The van der Waals surface area contributed by atoms with Crippen LogP contribution in [0.3, 0.4) is 0 Å². The van der Waals surface area contributed by atoms with Gasteiger partial charge in [0.2, 0.25) is 0 Å². The SMILES string of the molecule is CC1(C)O[C@H]2O[C@H](CCl)[C@H](OC=O)[C@H]2O1. The van der Waals surface area contributed by atoms with E-state index in [0.29, 0.717) is 6.47 Å². The molecule has 2 heterocycles. The summed E-state index contributed by atoms with van der Waals surface area (Å²) < 4.78 is 21.5. The van der Waals surface area contributed by atoms with E-state index in [1.807, 2.05) is 0 Å². The largest absolute Gasteiger partial charge is 0.459 e. The summed E-state index contributed by atoms with van der Waals surface area (Å²) in [5, 5.41) is 0. The zero-order valence-corrected chi connectivity index (χ0v) is 9.27. The smallest absolute Gasteiger partial charge is 0.293 e. The highest BCUT2D eigenvalue weighted by atomic mass is 35.5. The van der Waals surface area contributed by atoms with Crippen molar-refractivity contribution in [2.24, 2.45) is 0 Å². The Balaban J connectivity index is 2.10. The van der Waals surface area contributed by atoms with Gasteiger partial charge in [-0.05, 0) is 13.8 Å². The van der Waals surface area contributed by atoms with Crippen LogP contribution in [0.5, 0.6) is 0 Å². The van der Waals surface area contributed by atoms with Crippen molar-refractivity contribution in [3.8, 4) is 0 Å². The molecule has 0 N–H and O–H groups in total. The van der Waals surface area contributed by atoms with Crippen molar-refractivity contribution in [3.63, 3.8) is 0 Å². The maximum Gasteiger partial charge on any atom is 0.293 e. The minimum Gasteiger partial charge on any atom is -0.459 e. The molecule has 0 aromatic heterocycles. The maximum absolute atomic E-state index is 10.4. The summed E-state index contributed by atoms with van der Waals surface area (Å²) in [6, 6.07) is 0. The highest BCUT2D eigenvalue weighted by Crippen LogP contribution is 2.38. The third kappa shape index (κ3) is 1.97. The molecule has 0 amide bonds. The second-order valence-corrected chi connectivity index (χ2v) is 4.30. The lowest BCUT2D eigenvalue weighted by molar-refractivity contribution is -0.214. The van der Waals surface area contributed by atoms with Crippen LogP contribution >= 0.6 is 11.6 Å². The standard InChI is InChI=1S/C9H13ClO5/c1-9(2)14-7-6(12-4-11)5(3-10)13-8(7)15-9/h4-8H,3H2,1-2H3/t5-,6+,7-,8-/m1/s1. The summed E-state index contributed by atoms with van der Waals surface area (Å²) in [4.78, 5) is 10.4. The van der Waals surface area contributed by atoms with Crippen molar-refractivity contribution < 1.29 is 23.7 Å². The number of carbonyl (C=O) groups excluding carboxylic acids is 1. The molecule has 2 aliphatic rings. The third-order valence-electron chi connectivity index (χ3n) is 2.45. The number of hydrogen-bond donors (Lipinski definition) is 0. The first kappa shape index (κ1) is 11.1. The Morgan fingerprint density at radius 3 is 2.80 bits per heavy atom. The van der Waals surface area contributed by atoms with E-state index < -0.39 is 24.3 Å². The first-order chi connectivity index (χ1) is 7.07. The summed E-state index contributed by atoms with van der Waals surface area (Å²) in [6.07, 6.45) is -1.77. The minimum absolute atomic E-state index is 0.235. The Morgan fingerprint density at radius 1 is 1.47 bits per heavy atom. The van der Waals surface area contributed by atoms with Gasteiger partial charge >= 0.3 is 0 Å². The number of alkyl halides is 1. The van der Waals surface area contributed by atoms with Gasteiger partial charge in [0.25, 0.3) is 6.47 Å². The quantitative estimate of drug-likeness (QED) is 0.532. The highest BCUT2D eigenvalue weighted by molar-refractivity contribution is 6.18. The molecular weight excluding hydrogens is 224 g/mol. The third-order valence-corrected chi connectivity index (χ3v) is 2.76. The van der Waals surface area contributed by atoms with E-state index in [-0.39, 0.29) is 12.0 Å². The molecule has 15 heavy (non-hydrogen) atoms. The van der Waals surface area contributed by atoms with Gasteiger partial charge in [0.05, 0.1) is 5.88 Å². The molecule has 0 saturated carbocycles. The predicted octanol–water partition coefficient (Wildman–Crippen LogP) is 0.643. The van der Waals surface area contributed by atoms with Crippen molar-refractivity contribution >= 4 is 18.1 Å². The maximum atomic E-state index is 10.4. The van der Waals surface area contributed by atoms with Crippen LogP contribution in [0.25, 0.3) is 0 Å². The molecule has 0 unspecified atom stereocenters. The second-order valence-electron chi connectivity index (χ2n) is 3.99. The number of halogens is 1. The van der Waals surface area contributed by atoms with Crippen LogP contribution in [0.15, 0.2) is 0 Å². The summed E-state index contributed by atoms with van der Waals surface area (Å²) in [5.74, 6) is -0.476. The van der Waals surface area contributed by atoms with Crippen LogP contribution in [0.2, 0.25) is 0 Å². The van der Waals surface area contributed by atoms with Crippen LogP contribution < -0.4 is 0 Å². The number of rotatable bonds is 3. The fraction of sp³-hybridized carbons (Fsp3) is 0.889. The monoisotopic (exact) mass is 236 g/mol. The van der Waals surface area contributed by atoms with Gasteiger partial charge in [-0.2, -0.15) is 0 Å². The summed E-state index contributed by atoms with van der Waals surface area (Å²) in [5.41, 5.74) is 0. The highest BCUT2D eigenvalue weighted by Gasteiger charge is 2.55. The molecule has 0 spiro atoms. The Kier molecular flexibility index (Phi) is 2.89. The van der Waals surface area contributed by atoms with Crippen LogP contribution in [-0.4, -0.2) is 42.7 Å². The van der Waals surface area contributed by atoms with Gasteiger partial charge in [-0.3, -0.25) is 4.79 Å². The lowest BCUT2D eigenvalue weighted by Crippen LogP contribution is -2.37. The van der Waals surface area contributed by atoms with Crippen LogP contribution in [0.4, 0.5) is 0 Å². The minimum atomic E-state index is -0.711. The van der Waals surface area contributed by atoms with Gasteiger partial charge in [-0.1, -0.05) is 0 Å². The van der Waals surface area contributed by atoms with Gasteiger partial charge in [0.15, 0.2) is 24.3 Å². The molecule has 0 bridgehead atoms. The van der Waals surface area contributed by atoms with E-state index in [1.165, 1.54) is 0 Å². The van der Waals surface area contributed by atoms with Crippen molar-refractivity contribution in [3.05, 3.63) is 0 Å². The first-order valence-electron chi connectivity index (χ1n) is 4.73. The molecule has 0 aliphatic carbocycles. The number of hydrogen-bond acceptors (Lipinski definition) is 5. The Morgan fingerprint density at radius 2 is 2.20 bits per heavy atom. The van der Waals surface area contributed by atoms with Crippen molar-refractivity contribution in [1.82, 2.24) is 0 Å². The van der Waals surface area contributed by atoms with Gasteiger partial charge in [-0.15, -0.1) is 11.6 Å². The van der Waals surface area contributed by atoms with Crippen molar-refractivity contribution in [2.75, 3.05) is 5.88 Å². The fourth-order valence-electron chi connectivity index (χ4n) is 1.90. The van der Waals surface area contributed by atoms with E-state index >= 15 is 0 Å². The lowest BCUT2D eigenvalue weighted by Gasteiger charge is -2.23. The van der Waals surface area contributed by atoms with Crippen molar-refractivity contribution in [1.29, 1.82) is 0 Å². The molecule has 0 aromatic carbocycles. The van der Waals surface area contributed by atoms with E-state index in [4.69, 9.17) is 30.5 Å². The average molecular weight is 237 g/mol. The van der Waals surface area contributed by atoms with E-state index in [0.717, 1.165) is 0 Å². The van der Waals surface area contributed by atoms with E-state index in [2.05, 4.69) is 0 Å². The van der Waals surface area contributed by atoms with Crippen LogP contribution in [-0.2, 0) is 23.7 Å². The zero-order valence-electron chi connectivity index (χ0n) is 8.51. The molecule has 2 fully saturated rings. The Hall–Kier alpha value is -0.360. The molecule has 0 aromatic rings. The van der Waals surface area contributed by atoms with Crippen molar-refractivity contribution in [2.45, 2.75) is 44.2 Å².